The lowest BCUT2D eigenvalue weighted by Gasteiger charge is -2.23. The van der Waals surface area contributed by atoms with E-state index < -0.39 is 0 Å². The molecule has 2 heterocycles. The first kappa shape index (κ1) is 15.9. The van der Waals surface area contributed by atoms with E-state index in [9.17, 15) is 4.79 Å². The zero-order valence-electron chi connectivity index (χ0n) is 13.8. The molecule has 1 amide bonds. The second-order valence-electron chi connectivity index (χ2n) is 6.50. The SMILES string of the molecule is COc1ccccc1C(=O)Nc1c2c(nn1C(C)(C)C)CSC2. The maximum atomic E-state index is 12.7. The molecule has 1 aliphatic rings. The van der Waals surface area contributed by atoms with Gasteiger partial charge in [-0.05, 0) is 32.9 Å². The molecule has 6 heteroatoms. The molecule has 2 aromatic rings. The summed E-state index contributed by atoms with van der Waals surface area (Å²) in [5.74, 6) is 2.97. The molecule has 0 unspecified atom stereocenters. The number of carbonyl (C=O) groups is 1. The van der Waals surface area contributed by atoms with Crippen LogP contribution in [0.15, 0.2) is 24.3 Å². The van der Waals surface area contributed by atoms with Gasteiger partial charge in [0, 0.05) is 17.1 Å². The molecule has 0 aliphatic carbocycles. The molecule has 1 aromatic carbocycles. The van der Waals surface area contributed by atoms with Gasteiger partial charge in [-0.15, -0.1) is 0 Å². The van der Waals surface area contributed by atoms with Gasteiger partial charge in [-0.1, -0.05) is 12.1 Å². The first-order chi connectivity index (χ1) is 10.9. The zero-order chi connectivity index (χ0) is 16.6. The predicted molar refractivity (Wildman–Crippen MR) is 93.2 cm³/mol. The van der Waals surface area contributed by atoms with Crippen molar-refractivity contribution in [3.05, 3.63) is 41.1 Å². The highest BCUT2D eigenvalue weighted by Gasteiger charge is 2.29. The molecule has 0 radical (unpaired) electrons. The average molecular weight is 331 g/mol. The lowest BCUT2D eigenvalue weighted by atomic mass is 10.1. The summed E-state index contributed by atoms with van der Waals surface area (Å²) in [5.41, 5.74) is 2.53. The summed E-state index contributed by atoms with van der Waals surface area (Å²) in [6, 6.07) is 7.24. The van der Waals surface area contributed by atoms with Gasteiger partial charge in [0.1, 0.15) is 11.6 Å². The van der Waals surface area contributed by atoms with Crippen LogP contribution in [0.3, 0.4) is 0 Å². The van der Waals surface area contributed by atoms with Crippen LogP contribution in [0.2, 0.25) is 0 Å². The van der Waals surface area contributed by atoms with E-state index in [4.69, 9.17) is 9.84 Å². The molecular formula is C17H21N3O2S. The number of nitrogens with zero attached hydrogens (tertiary/aromatic N) is 2. The Balaban J connectivity index is 1.98. The summed E-state index contributed by atoms with van der Waals surface area (Å²) in [6.07, 6.45) is 0. The molecule has 0 saturated carbocycles. The standard InChI is InChI=1S/C17H21N3O2S/c1-17(2,3)20-15(12-9-23-10-13(12)19-20)18-16(21)11-7-5-6-8-14(11)22-4/h5-8H,9-10H2,1-4H3,(H,18,21). The molecule has 122 valence electrons. The third-order valence-corrected chi connectivity index (χ3v) is 4.74. The van der Waals surface area contributed by atoms with Gasteiger partial charge in [-0.2, -0.15) is 16.9 Å². The Bertz CT molecular complexity index is 747. The minimum absolute atomic E-state index is 0.174. The fraction of sp³-hybridized carbons (Fsp3) is 0.412. The highest BCUT2D eigenvalue weighted by atomic mass is 32.2. The number of amides is 1. The maximum absolute atomic E-state index is 12.7. The van der Waals surface area contributed by atoms with Crippen LogP contribution in [-0.2, 0) is 17.0 Å². The van der Waals surface area contributed by atoms with Crippen molar-refractivity contribution in [2.45, 2.75) is 37.8 Å². The van der Waals surface area contributed by atoms with Gasteiger partial charge in [0.25, 0.3) is 5.91 Å². The normalized spacial score (nSPS) is 13.7. The second-order valence-corrected chi connectivity index (χ2v) is 7.49. The summed E-state index contributed by atoms with van der Waals surface area (Å²) in [5, 5.41) is 7.76. The van der Waals surface area contributed by atoms with E-state index in [2.05, 4.69) is 26.1 Å². The van der Waals surface area contributed by atoms with Crippen LogP contribution in [0.4, 0.5) is 5.82 Å². The summed E-state index contributed by atoms with van der Waals surface area (Å²) in [7, 11) is 1.57. The van der Waals surface area contributed by atoms with E-state index in [0.29, 0.717) is 11.3 Å². The van der Waals surface area contributed by atoms with E-state index >= 15 is 0 Å². The Labute approximate surface area is 140 Å². The Kier molecular flexibility index (Phi) is 4.10. The van der Waals surface area contributed by atoms with Gasteiger partial charge in [0.2, 0.25) is 0 Å². The summed E-state index contributed by atoms with van der Waals surface area (Å²) in [6.45, 7) is 6.25. The van der Waals surface area contributed by atoms with Crippen molar-refractivity contribution in [2.24, 2.45) is 0 Å². The van der Waals surface area contributed by atoms with Crippen molar-refractivity contribution < 1.29 is 9.53 Å². The molecule has 1 aliphatic heterocycles. The number of rotatable bonds is 3. The Morgan fingerprint density at radius 2 is 2.04 bits per heavy atom. The van der Waals surface area contributed by atoms with Crippen molar-refractivity contribution in [1.29, 1.82) is 0 Å². The monoisotopic (exact) mass is 331 g/mol. The number of para-hydroxylation sites is 1. The first-order valence-electron chi connectivity index (χ1n) is 7.55. The van der Waals surface area contributed by atoms with E-state index in [1.165, 1.54) is 0 Å². The van der Waals surface area contributed by atoms with Gasteiger partial charge >= 0.3 is 0 Å². The van der Waals surface area contributed by atoms with Gasteiger partial charge in [0.15, 0.2) is 0 Å². The van der Waals surface area contributed by atoms with Crippen LogP contribution < -0.4 is 10.1 Å². The Morgan fingerprint density at radius 3 is 2.74 bits per heavy atom. The van der Waals surface area contributed by atoms with Crippen LogP contribution in [0.5, 0.6) is 5.75 Å². The number of fused-ring (bicyclic) bond motifs is 1. The van der Waals surface area contributed by atoms with Crippen molar-refractivity contribution in [3.63, 3.8) is 0 Å². The lowest BCUT2D eigenvalue weighted by Crippen LogP contribution is -2.27. The minimum Gasteiger partial charge on any atom is -0.496 e. The molecule has 1 N–H and O–H groups in total. The van der Waals surface area contributed by atoms with Crippen molar-refractivity contribution in [2.75, 3.05) is 12.4 Å². The Hall–Kier alpha value is -1.95. The van der Waals surface area contributed by atoms with E-state index in [-0.39, 0.29) is 11.4 Å². The zero-order valence-corrected chi connectivity index (χ0v) is 14.7. The smallest absolute Gasteiger partial charge is 0.260 e. The quantitative estimate of drug-likeness (QED) is 0.933. The number of methoxy groups -OCH3 is 1. The summed E-state index contributed by atoms with van der Waals surface area (Å²) < 4.78 is 7.21. The molecular weight excluding hydrogens is 310 g/mol. The average Bonchev–Trinajstić information content (AvgIpc) is 3.09. The first-order valence-corrected chi connectivity index (χ1v) is 8.70. The molecule has 5 nitrogen and oxygen atoms in total. The van der Waals surface area contributed by atoms with E-state index in [1.54, 1.807) is 19.2 Å². The largest absolute Gasteiger partial charge is 0.496 e. The molecule has 0 spiro atoms. The number of ether oxygens (including phenoxy) is 1. The van der Waals surface area contributed by atoms with Gasteiger partial charge in [0.05, 0.1) is 23.9 Å². The van der Waals surface area contributed by atoms with Crippen LogP contribution in [0.25, 0.3) is 0 Å². The molecule has 0 saturated heterocycles. The van der Waals surface area contributed by atoms with E-state index in [0.717, 1.165) is 28.6 Å². The van der Waals surface area contributed by atoms with Gasteiger partial charge in [-0.3, -0.25) is 4.79 Å². The molecule has 1 aromatic heterocycles. The predicted octanol–water partition coefficient (Wildman–Crippen LogP) is 3.65. The highest BCUT2D eigenvalue weighted by molar-refractivity contribution is 7.98. The third kappa shape index (κ3) is 2.95. The number of hydrogen-bond acceptors (Lipinski definition) is 4. The summed E-state index contributed by atoms with van der Waals surface area (Å²) >= 11 is 1.82. The van der Waals surface area contributed by atoms with Crippen molar-refractivity contribution in [3.8, 4) is 5.75 Å². The van der Waals surface area contributed by atoms with Crippen molar-refractivity contribution >= 4 is 23.5 Å². The minimum atomic E-state index is -0.196. The van der Waals surface area contributed by atoms with Crippen LogP contribution in [0.1, 0.15) is 42.4 Å². The Morgan fingerprint density at radius 1 is 1.30 bits per heavy atom. The maximum Gasteiger partial charge on any atom is 0.260 e. The number of benzene rings is 1. The van der Waals surface area contributed by atoms with Gasteiger partial charge in [-0.25, -0.2) is 4.68 Å². The molecule has 0 fully saturated rings. The van der Waals surface area contributed by atoms with Crippen LogP contribution in [0, 0.1) is 0 Å². The van der Waals surface area contributed by atoms with Crippen LogP contribution >= 0.6 is 11.8 Å². The lowest BCUT2D eigenvalue weighted by molar-refractivity contribution is 0.102. The van der Waals surface area contributed by atoms with Gasteiger partial charge < -0.3 is 10.1 Å². The topological polar surface area (TPSA) is 56.1 Å². The molecule has 0 bridgehead atoms. The number of aromatic nitrogens is 2. The fourth-order valence-corrected chi connectivity index (χ4v) is 3.67. The number of thioether (sulfide) groups is 1. The van der Waals surface area contributed by atoms with Crippen LogP contribution in [-0.4, -0.2) is 22.8 Å². The van der Waals surface area contributed by atoms with Crippen molar-refractivity contribution in [1.82, 2.24) is 9.78 Å². The third-order valence-electron chi connectivity index (χ3n) is 3.77. The van der Waals surface area contributed by atoms with E-state index in [1.807, 2.05) is 28.6 Å². The molecule has 3 rings (SSSR count). The highest BCUT2D eigenvalue weighted by Crippen LogP contribution is 2.37. The number of anilines is 1. The second kappa shape index (κ2) is 5.92. The summed E-state index contributed by atoms with van der Waals surface area (Å²) in [4.78, 5) is 12.7. The number of carbonyl (C=O) groups excluding carboxylic acids is 1. The molecule has 23 heavy (non-hydrogen) atoms. The number of nitrogens with one attached hydrogen (secondary N) is 1. The molecule has 0 atom stereocenters. The number of hydrogen-bond donors (Lipinski definition) is 1. The fourth-order valence-electron chi connectivity index (χ4n) is 2.63.